The number of amides is 2. The summed E-state index contributed by atoms with van der Waals surface area (Å²) in [5.74, 6) is 2.48. The number of aryl methyl sites for hydroxylation is 1. The largest absolute Gasteiger partial charge is 0.493 e. The Bertz CT molecular complexity index is 1880. The monoisotopic (exact) mass is 701 g/mol. The van der Waals surface area contributed by atoms with Crippen molar-refractivity contribution in [3.05, 3.63) is 75.7 Å². The lowest BCUT2D eigenvalue weighted by atomic mass is 9.95. The topological polar surface area (TPSA) is 144 Å². The first-order valence-electron chi connectivity index (χ1n) is 16.9. The van der Waals surface area contributed by atoms with Crippen molar-refractivity contribution in [3.63, 3.8) is 0 Å². The molecule has 266 valence electrons. The number of nitrogens with one attached hydrogen (secondary N) is 4. The molecule has 1 aliphatic carbocycles. The number of thioether (sulfide) groups is 1. The quantitative estimate of drug-likeness (QED) is 0.121. The Morgan fingerprint density at radius 1 is 1.06 bits per heavy atom. The average molecular weight is 702 g/mol. The minimum atomic E-state index is -0.703. The number of methoxy groups -OCH3 is 3. The second-order valence-corrected chi connectivity index (χ2v) is 13.6. The van der Waals surface area contributed by atoms with Crippen molar-refractivity contribution in [1.82, 2.24) is 20.6 Å². The average Bonchev–Trinajstić information content (AvgIpc) is 3.41. The molecular formula is C38H47N5O6S. The van der Waals surface area contributed by atoms with E-state index in [1.807, 2.05) is 42.7 Å². The van der Waals surface area contributed by atoms with Crippen LogP contribution in [0.5, 0.6) is 17.2 Å². The lowest BCUT2D eigenvalue weighted by Gasteiger charge is -2.26. The van der Waals surface area contributed by atoms with Crippen molar-refractivity contribution >= 4 is 40.3 Å². The third-order valence-electron chi connectivity index (χ3n) is 9.39. The van der Waals surface area contributed by atoms with Crippen molar-refractivity contribution in [2.24, 2.45) is 5.92 Å². The molecule has 11 nitrogen and oxygen atoms in total. The highest BCUT2D eigenvalue weighted by molar-refractivity contribution is 7.98. The van der Waals surface area contributed by atoms with Crippen LogP contribution in [-0.2, 0) is 16.0 Å². The van der Waals surface area contributed by atoms with Gasteiger partial charge in [0.05, 0.1) is 50.1 Å². The first kappa shape index (κ1) is 36.6. The molecule has 3 aromatic carbocycles. The van der Waals surface area contributed by atoms with Crippen LogP contribution in [0.15, 0.2) is 53.3 Å². The molecule has 4 atom stereocenters. The van der Waals surface area contributed by atoms with E-state index in [0.29, 0.717) is 59.2 Å². The van der Waals surface area contributed by atoms with E-state index in [1.54, 1.807) is 45.2 Å². The van der Waals surface area contributed by atoms with Gasteiger partial charge in [0.1, 0.15) is 11.9 Å². The summed E-state index contributed by atoms with van der Waals surface area (Å²) in [6.45, 7) is 5.64. The van der Waals surface area contributed by atoms with E-state index in [9.17, 15) is 14.4 Å². The summed E-state index contributed by atoms with van der Waals surface area (Å²) in [5.41, 5.74) is 4.76. The minimum absolute atomic E-state index is 0.0948. The van der Waals surface area contributed by atoms with Crippen molar-refractivity contribution in [3.8, 4) is 28.4 Å². The third-order valence-corrected chi connectivity index (χ3v) is 10.0. The number of para-hydroxylation sites is 2. The molecule has 0 fully saturated rings. The summed E-state index contributed by atoms with van der Waals surface area (Å²) < 4.78 is 17.3. The number of nitrogens with zero attached hydrogens (tertiary/aromatic N) is 1. The number of rotatable bonds is 14. The number of hydrogen-bond acceptors (Lipinski definition) is 9. The van der Waals surface area contributed by atoms with Crippen molar-refractivity contribution in [1.29, 1.82) is 0 Å². The molecule has 0 bridgehead atoms. The van der Waals surface area contributed by atoms with Gasteiger partial charge in [0, 0.05) is 12.5 Å². The number of aromatic nitrogens is 2. The number of benzene rings is 2. The van der Waals surface area contributed by atoms with Crippen LogP contribution in [0, 0.1) is 5.92 Å². The summed E-state index contributed by atoms with van der Waals surface area (Å²) in [4.78, 5) is 48.7. The van der Waals surface area contributed by atoms with Gasteiger partial charge >= 0.3 is 0 Å². The first-order chi connectivity index (χ1) is 24.1. The normalized spacial score (nSPS) is 15.5. The number of imidazole rings is 1. The molecule has 2 amide bonds. The molecule has 1 heterocycles. The maximum Gasteiger partial charge on any atom is 0.243 e. The van der Waals surface area contributed by atoms with Gasteiger partial charge in [0.2, 0.25) is 23.0 Å². The predicted octanol–water partition coefficient (Wildman–Crippen LogP) is 6.18. The van der Waals surface area contributed by atoms with E-state index in [4.69, 9.17) is 19.2 Å². The Morgan fingerprint density at radius 2 is 1.82 bits per heavy atom. The van der Waals surface area contributed by atoms with Crippen molar-refractivity contribution in [2.45, 2.75) is 64.6 Å². The van der Waals surface area contributed by atoms with Crippen LogP contribution in [0.3, 0.4) is 0 Å². The number of anilines is 1. The smallest absolute Gasteiger partial charge is 0.243 e. The fourth-order valence-electron chi connectivity index (χ4n) is 6.61. The molecule has 1 aromatic heterocycles. The number of ether oxygens (including phenoxy) is 3. The fraction of sp³-hybridized carbons (Fsp3) is 0.421. The Hall–Kier alpha value is -4.71. The van der Waals surface area contributed by atoms with Crippen LogP contribution in [-0.4, -0.2) is 61.2 Å². The molecule has 0 aliphatic heterocycles. The number of carbonyl (C=O) groups excluding carboxylic acids is 2. The standard InChI is InChI=1S/C38H47N5O6S/c1-8-21(2)34(37-41-27-11-9-10-12-28(27)42-37)43-38(46)30(17-18-50-7)40-29-16-14-24-25(20-31(29)45)26(39-22(3)44)15-13-23-19-32(47-4)35(48-5)36(49-6)33(23)24/h9-12,14,16,19-21,26,30,34H,8,13,15,17-18H2,1-7H3,(H,39,44)(H,40,45)(H,41,42)(H,43,46)/t21-,26-,30-,34-/m1/s1. The van der Waals surface area contributed by atoms with E-state index in [-0.39, 0.29) is 34.9 Å². The molecular weight excluding hydrogens is 655 g/mol. The SMILES string of the molecule is CC[C@@H](C)[C@@H](NC(=O)[C@@H](CCSC)Nc1ccc2c(cc1=O)[C@H](NC(C)=O)CCc1cc(OC)c(OC)c(OC)c1-2)c1nc2ccccc2[nH]1. The molecule has 0 saturated heterocycles. The van der Waals surface area contributed by atoms with Crippen LogP contribution in [0.2, 0.25) is 0 Å². The fourth-order valence-corrected chi connectivity index (χ4v) is 7.08. The Labute approximate surface area is 297 Å². The maximum atomic E-state index is 14.1. The van der Waals surface area contributed by atoms with E-state index in [1.165, 1.54) is 6.92 Å². The molecule has 4 N–H and O–H groups in total. The van der Waals surface area contributed by atoms with E-state index in [2.05, 4.69) is 34.8 Å². The Balaban J connectivity index is 1.57. The Morgan fingerprint density at radius 3 is 2.48 bits per heavy atom. The zero-order valence-electron chi connectivity index (χ0n) is 29.8. The number of fused-ring (bicyclic) bond motifs is 4. The number of carbonyl (C=O) groups is 2. The van der Waals surface area contributed by atoms with Crippen LogP contribution >= 0.6 is 11.8 Å². The minimum Gasteiger partial charge on any atom is -0.493 e. The summed E-state index contributed by atoms with van der Waals surface area (Å²) >= 11 is 1.63. The molecule has 0 unspecified atom stereocenters. The third kappa shape index (κ3) is 7.70. The first-order valence-corrected chi connectivity index (χ1v) is 18.3. The van der Waals surface area contributed by atoms with Gasteiger partial charge in [0.15, 0.2) is 11.5 Å². The van der Waals surface area contributed by atoms with Gasteiger partial charge in [-0.1, -0.05) is 38.5 Å². The summed E-state index contributed by atoms with van der Waals surface area (Å²) in [6, 6.07) is 13.3. The lowest BCUT2D eigenvalue weighted by Crippen LogP contribution is -2.44. The number of hydrogen-bond donors (Lipinski definition) is 4. The number of aromatic amines is 1. The van der Waals surface area contributed by atoms with Gasteiger partial charge in [-0.25, -0.2) is 4.98 Å². The van der Waals surface area contributed by atoms with Gasteiger partial charge in [0.25, 0.3) is 0 Å². The summed E-state index contributed by atoms with van der Waals surface area (Å²) in [7, 11) is 4.68. The molecule has 5 rings (SSSR count). The zero-order chi connectivity index (χ0) is 35.9. The van der Waals surface area contributed by atoms with Gasteiger partial charge in [-0.3, -0.25) is 14.4 Å². The molecule has 1 aliphatic rings. The molecule has 4 aromatic rings. The molecule has 0 spiro atoms. The second-order valence-electron chi connectivity index (χ2n) is 12.6. The molecule has 0 saturated carbocycles. The van der Waals surface area contributed by atoms with Crippen molar-refractivity contribution < 1.29 is 23.8 Å². The van der Waals surface area contributed by atoms with Crippen LogP contribution < -0.4 is 35.6 Å². The van der Waals surface area contributed by atoms with Crippen LogP contribution in [0.1, 0.15) is 69.1 Å². The highest BCUT2D eigenvalue weighted by atomic mass is 32.2. The van der Waals surface area contributed by atoms with E-state index in [0.717, 1.165) is 28.6 Å². The molecule has 0 radical (unpaired) electrons. The molecule has 50 heavy (non-hydrogen) atoms. The van der Waals surface area contributed by atoms with Gasteiger partial charge in [-0.15, -0.1) is 0 Å². The second kappa shape index (κ2) is 16.3. The van der Waals surface area contributed by atoms with Crippen LogP contribution in [0.25, 0.3) is 22.2 Å². The summed E-state index contributed by atoms with van der Waals surface area (Å²) in [5, 5.41) is 9.59. The number of H-pyrrole nitrogens is 1. The highest BCUT2D eigenvalue weighted by Gasteiger charge is 2.31. The van der Waals surface area contributed by atoms with E-state index < -0.39 is 12.1 Å². The van der Waals surface area contributed by atoms with Gasteiger partial charge in [-0.2, -0.15) is 11.8 Å². The predicted molar refractivity (Wildman–Crippen MR) is 200 cm³/mol. The lowest BCUT2D eigenvalue weighted by molar-refractivity contribution is -0.123. The van der Waals surface area contributed by atoms with E-state index >= 15 is 0 Å². The highest BCUT2D eigenvalue weighted by Crippen LogP contribution is 2.50. The maximum absolute atomic E-state index is 14.1. The Kier molecular flexibility index (Phi) is 11.9. The zero-order valence-corrected chi connectivity index (χ0v) is 30.6. The van der Waals surface area contributed by atoms with Gasteiger partial charge < -0.3 is 35.1 Å². The summed E-state index contributed by atoms with van der Waals surface area (Å²) in [6.07, 6.45) is 4.43. The molecule has 12 heteroatoms. The van der Waals surface area contributed by atoms with Gasteiger partial charge in [-0.05, 0) is 84.2 Å². The van der Waals surface area contributed by atoms with Crippen molar-refractivity contribution in [2.75, 3.05) is 38.7 Å². The van der Waals surface area contributed by atoms with Crippen LogP contribution in [0.4, 0.5) is 5.69 Å².